The molecule has 0 saturated carbocycles. The highest BCUT2D eigenvalue weighted by Gasteiger charge is 2.33. The highest BCUT2D eigenvalue weighted by atomic mass is 32.2. The maximum atomic E-state index is 13.2. The van der Waals surface area contributed by atoms with Gasteiger partial charge in [-0.15, -0.1) is 0 Å². The zero-order valence-electron chi connectivity index (χ0n) is 19.0. The molecule has 0 unspecified atom stereocenters. The Hall–Kier alpha value is -2.72. The van der Waals surface area contributed by atoms with Crippen LogP contribution in [0.1, 0.15) is 40.7 Å². The van der Waals surface area contributed by atoms with Gasteiger partial charge in [0.1, 0.15) is 17.6 Å². The van der Waals surface area contributed by atoms with Crippen LogP contribution in [0.3, 0.4) is 0 Å². The number of aromatic hydroxyl groups is 1. The standard InChI is InChI=1S/C25H29N3O5S/c29-22-9-10-23-24(21(18-33-23)25(30)19-7-2-1-3-8-19)20(22)17-26-11-6-14-28(16-15-26)34(31,32)27-12-4-5-13-27/h1-3,7-10,18,29H,4-6,11-17H2. The summed E-state index contributed by atoms with van der Waals surface area (Å²) in [5, 5.41) is 11.3. The first kappa shape index (κ1) is 23.0. The van der Waals surface area contributed by atoms with Crippen LogP contribution in [0.4, 0.5) is 0 Å². The molecule has 3 heterocycles. The van der Waals surface area contributed by atoms with Crippen LogP contribution in [0, 0.1) is 0 Å². The van der Waals surface area contributed by atoms with Crippen LogP contribution in [0.2, 0.25) is 0 Å². The molecule has 1 N–H and O–H groups in total. The fourth-order valence-electron chi connectivity index (χ4n) is 4.90. The molecule has 2 aliphatic rings. The minimum atomic E-state index is -3.43. The molecule has 3 aromatic rings. The summed E-state index contributed by atoms with van der Waals surface area (Å²) in [5.41, 5.74) is 2.14. The molecule has 8 nitrogen and oxygen atoms in total. The molecular formula is C25H29N3O5S. The van der Waals surface area contributed by atoms with Gasteiger partial charge in [-0.3, -0.25) is 9.69 Å². The van der Waals surface area contributed by atoms with Gasteiger partial charge in [-0.25, -0.2) is 0 Å². The summed E-state index contributed by atoms with van der Waals surface area (Å²) < 4.78 is 34.8. The third kappa shape index (κ3) is 4.36. The fraction of sp³-hybridized carbons (Fsp3) is 0.400. The molecule has 2 aliphatic heterocycles. The Morgan fingerprint density at radius 2 is 1.59 bits per heavy atom. The van der Waals surface area contributed by atoms with Crippen molar-refractivity contribution >= 4 is 27.0 Å². The zero-order valence-corrected chi connectivity index (χ0v) is 19.8. The number of nitrogens with zero attached hydrogens (tertiary/aromatic N) is 3. The molecule has 5 rings (SSSR count). The van der Waals surface area contributed by atoms with Crippen LogP contribution >= 0.6 is 0 Å². The smallest absolute Gasteiger partial charge is 0.282 e. The molecule has 2 fully saturated rings. The Kier molecular flexibility index (Phi) is 6.44. The van der Waals surface area contributed by atoms with Gasteiger partial charge in [-0.2, -0.15) is 17.0 Å². The summed E-state index contributed by atoms with van der Waals surface area (Å²) in [4.78, 5) is 15.3. The molecule has 1 aromatic heterocycles. The van der Waals surface area contributed by atoms with Crippen LogP contribution < -0.4 is 0 Å². The summed E-state index contributed by atoms with van der Waals surface area (Å²) in [6.07, 6.45) is 3.98. The lowest BCUT2D eigenvalue weighted by molar-refractivity contribution is 0.103. The van der Waals surface area contributed by atoms with E-state index in [0.717, 1.165) is 12.8 Å². The molecule has 180 valence electrons. The number of furan rings is 1. The van der Waals surface area contributed by atoms with Crippen molar-refractivity contribution in [3.05, 3.63) is 65.4 Å². The van der Waals surface area contributed by atoms with Crippen molar-refractivity contribution in [2.24, 2.45) is 0 Å². The maximum Gasteiger partial charge on any atom is 0.282 e. The van der Waals surface area contributed by atoms with Crippen molar-refractivity contribution in [3.8, 4) is 5.75 Å². The van der Waals surface area contributed by atoms with Crippen molar-refractivity contribution in [1.82, 2.24) is 13.5 Å². The highest BCUT2D eigenvalue weighted by Crippen LogP contribution is 2.34. The second kappa shape index (κ2) is 9.50. The Morgan fingerprint density at radius 3 is 2.35 bits per heavy atom. The molecule has 0 bridgehead atoms. The van der Waals surface area contributed by atoms with Crippen LogP contribution in [0.5, 0.6) is 5.75 Å². The summed E-state index contributed by atoms with van der Waals surface area (Å²) in [6, 6.07) is 12.2. The van der Waals surface area contributed by atoms with Gasteiger partial charge in [0, 0.05) is 55.8 Å². The topological polar surface area (TPSA) is 94.3 Å². The van der Waals surface area contributed by atoms with Gasteiger partial charge in [0.2, 0.25) is 0 Å². The normalized spacial score (nSPS) is 18.9. The molecule has 9 heteroatoms. The lowest BCUT2D eigenvalue weighted by atomic mass is 9.98. The first-order valence-corrected chi connectivity index (χ1v) is 13.1. The summed E-state index contributed by atoms with van der Waals surface area (Å²) in [6.45, 7) is 3.71. The van der Waals surface area contributed by atoms with Crippen LogP contribution in [0.25, 0.3) is 11.0 Å². The number of fused-ring (bicyclic) bond motifs is 1. The number of carbonyl (C=O) groups is 1. The van der Waals surface area contributed by atoms with Crippen molar-refractivity contribution < 1.29 is 22.7 Å². The van der Waals surface area contributed by atoms with Gasteiger partial charge in [-0.1, -0.05) is 30.3 Å². The predicted molar refractivity (Wildman–Crippen MR) is 129 cm³/mol. The second-order valence-electron chi connectivity index (χ2n) is 8.92. The summed E-state index contributed by atoms with van der Waals surface area (Å²) in [7, 11) is -3.43. The number of benzene rings is 2. The number of hydrogen-bond acceptors (Lipinski definition) is 6. The van der Waals surface area contributed by atoms with E-state index in [1.54, 1.807) is 32.9 Å². The van der Waals surface area contributed by atoms with Crippen LogP contribution in [0.15, 0.2) is 53.1 Å². The first-order chi connectivity index (χ1) is 16.4. The van der Waals surface area contributed by atoms with E-state index in [-0.39, 0.29) is 11.5 Å². The van der Waals surface area contributed by atoms with Crippen molar-refractivity contribution in [2.45, 2.75) is 25.8 Å². The number of phenolic OH excluding ortho intramolecular Hbond substituents is 1. The number of ketones is 1. The van der Waals surface area contributed by atoms with Crippen molar-refractivity contribution in [3.63, 3.8) is 0 Å². The van der Waals surface area contributed by atoms with Crippen LogP contribution in [-0.4, -0.2) is 72.1 Å². The van der Waals surface area contributed by atoms with E-state index < -0.39 is 10.2 Å². The van der Waals surface area contributed by atoms with Crippen molar-refractivity contribution in [1.29, 1.82) is 0 Å². The Labute approximate surface area is 199 Å². The van der Waals surface area contributed by atoms with E-state index in [9.17, 15) is 18.3 Å². The van der Waals surface area contributed by atoms with E-state index in [1.807, 2.05) is 18.2 Å². The minimum absolute atomic E-state index is 0.0989. The molecular weight excluding hydrogens is 454 g/mol. The molecule has 2 aromatic carbocycles. The Balaban J connectivity index is 1.39. The SMILES string of the molecule is O=C(c1ccccc1)c1coc2ccc(O)c(CN3CCCN(S(=O)(=O)N4CCCC4)CC3)c12. The van der Waals surface area contributed by atoms with E-state index in [2.05, 4.69) is 4.90 Å². The van der Waals surface area contributed by atoms with Crippen molar-refractivity contribution in [2.75, 3.05) is 39.3 Å². The number of carbonyl (C=O) groups excluding carboxylic acids is 1. The lowest BCUT2D eigenvalue weighted by Crippen LogP contribution is -2.44. The quantitative estimate of drug-likeness (QED) is 0.541. The van der Waals surface area contributed by atoms with Gasteiger partial charge < -0.3 is 9.52 Å². The molecule has 0 radical (unpaired) electrons. The number of hydrogen-bond donors (Lipinski definition) is 1. The van der Waals surface area contributed by atoms with Gasteiger partial charge in [0.25, 0.3) is 10.2 Å². The Bertz CT molecular complexity index is 1280. The molecule has 2 saturated heterocycles. The van der Waals surface area contributed by atoms with E-state index in [1.165, 1.54) is 6.26 Å². The summed E-state index contributed by atoms with van der Waals surface area (Å²) in [5.74, 6) is -0.0632. The fourth-order valence-corrected chi connectivity index (χ4v) is 6.62. The molecule has 34 heavy (non-hydrogen) atoms. The monoisotopic (exact) mass is 483 g/mol. The summed E-state index contributed by atoms with van der Waals surface area (Å²) >= 11 is 0. The average Bonchev–Trinajstić information content (AvgIpc) is 3.48. The maximum absolute atomic E-state index is 13.2. The molecule has 0 atom stereocenters. The second-order valence-corrected chi connectivity index (χ2v) is 10.9. The third-order valence-corrected chi connectivity index (χ3v) is 8.79. The Morgan fingerprint density at radius 1 is 0.882 bits per heavy atom. The predicted octanol–water partition coefficient (Wildman–Crippen LogP) is 3.22. The van der Waals surface area contributed by atoms with E-state index >= 15 is 0 Å². The average molecular weight is 484 g/mol. The zero-order chi connectivity index (χ0) is 23.7. The van der Waals surface area contributed by atoms with Gasteiger partial charge in [0.05, 0.1) is 5.56 Å². The molecule has 0 aliphatic carbocycles. The third-order valence-electron chi connectivity index (χ3n) is 6.75. The van der Waals surface area contributed by atoms with E-state index in [4.69, 9.17) is 4.42 Å². The lowest BCUT2D eigenvalue weighted by Gasteiger charge is -2.26. The van der Waals surface area contributed by atoms with Gasteiger partial charge in [0.15, 0.2) is 5.78 Å². The molecule has 0 amide bonds. The van der Waals surface area contributed by atoms with Gasteiger partial charge in [-0.05, 0) is 37.9 Å². The number of rotatable bonds is 6. The first-order valence-electron chi connectivity index (χ1n) is 11.7. The largest absolute Gasteiger partial charge is 0.508 e. The van der Waals surface area contributed by atoms with Gasteiger partial charge >= 0.3 is 0 Å². The van der Waals surface area contributed by atoms with Crippen LogP contribution in [-0.2, 0) is 16.8 Å². The highest BCUT2D eigenvalue weighted by molar-refractivity contribution is 7.86. The molecule has 0 spiro atoms. The number of phenols is 1. The minimum Gasteiger partial charge on any atom is -0.508 e. The van der Waals surface area contributed by atoms with E-state index in [0.29, 0.717) is 79.9 Å².